The highest BCUT2D eigenvalue weighted by Gasteiger charge is 2.21. The number of nitrogens with two attached hydrogens (primary N) is 1. The van der Waals surface area contributed by atoms with E-state index in [0.717, 1.165) is 18.5 Å². The Bertz CT molecular complexity index is 428. The van der Waals surface area contributed by atoms with Gasteiger partial charge in [0.1, 0.15) is 0 Å². The zero-order valence-corrected chi connectivity index (χ0v) is 9.93. The van der Waals surface area contributed by atoms with Crippen LogP contribution in [0.2, 0.25) is 0 Å². The number of benzene rings is 1. The Morgan fingerprint density at radius 1 is 1.35 bits per heavy atom. The van der Waals surface area contributed by atoms with Gasteiger partial charge in [-0.2, -0.15) is 0 Å². The van der Waals surface area contributed by atoms with Gasteiger partial charge in [-0.15, -0.1) is 0 Å². The molecule has 0 amide bonds. The second-order valence-electron chi connectivity index (χ2n) is 4.59. The Kier molecular flexibility index (Phi) is 3.17. The van der Waals surface area contributed by atoms with Crippen LogP contribution >= 0.6 is 0 Å². The van der Waals surface area contributed by atoms with E-state index < -0.39 is 4.92 Å². The van der Waals surface area contributed by atoms with Crippen LogP contribution in [0.3, 0.4) is 0 Å². The average Bonchev–Trinajstić information content (AvgIpc) is 2.80. The highest BCUT2D eigenvalue weighted by molar-refractivity contribution is 5.62. The van der Waals surface area contributed by atoms with Crippen molar-refractivity contribution in [2.45, 2.75) is 31.7 Å². The van der Waals surface area contributed by atoms with Crippen molar-refractivity contribution in [2.24, 2.45) is 0 Å². The molecule has 0 spiro atoms. The highest BCUT2D eigenvalue weighted by atomic mass is 16.6. The molecule has 0 bridgehead atoms. The Morgan fingerprint density at radius 2 is 2.00 bits per heavy atom. The molecule has 0 aliphatic heterocycles. The molecule has 0 radical (unpaired) electrons. The molecule has 1 aromatic carbocycles. The number of nitrogen functional groups attached to an aromatic ring is 1. The molecular weight excluding hydrogens is 218 g/mol. The van der Waals surface area contributed by atoms with Crippen molar-refractivity contribution in [3.8, 4) is 0 Å². The first-order valence-electron chi connectivity index (χ1n) is 5.85. The summed E-state index contributed by atoms with van der Waals surface area (Å²) in [5.74, 6) is 0. The molecule has 17 heavy (non-hydrogen) atoms. The molecule has 5 heteroatoms. The second kappa shape index (κ2) is 4.61. The van der Waals surface area contributed by atoms with Crippen LogP contribution in [0.25, 0.3) is 0 Å². The molecular formula is C12H17N3O2. The second-order valence-corrected chi connectivity index (χ2v) is 4.59. The molecule has 0 unspecified atom stereocenters. The Labute approximate surface area is 100 Å². The number of rotatable bonds is 3. The number of hydrogen-bond donors (Lipinski definition) is 1. The first-order valence-corrected chi connectivity index (χ1v) is 5.85. The molecule has 0 heterocycles. The monoisotopic (exact) mass is 235 g/mol. The number of anilines is 2. The maximum absolute atomic E-state index is 10.8. The maximum Gasteiger partial charge on any atom is 0.273 e. The molecule has 0 saturated heterocycles. The number of hydrogen-bond acceptors (Lipinski definition) is 4. The van der Waals surface area contributed by atoms with Crippen molar-refractivity contribution in [3.63, 3.8) is 0 Å². The van der Waals surface area contributed by atoms with Gasteiger partial charge in [0.15, 0.2) is 0 Å². The third-order valence-electron chi connectivity index (χ3n) is 3.42. The molecule has 1 aliphatic carbocycles. The molecule has 0 atom stereocenters. The molecule has 5 nitrogen and oxygen atoms in total. The van der Waals surface area contributed by atoms with Crippen molar-refractivity contribution in [1.82, 2.24) is 0 Å². The maximum atomic E-state index is 10.8. The summed E-state index contributed by atoms with van der Waals surface area (Å²) >= 11 is 0. The predicted molar refractivity (Wildman–Crippen MR) is 68.2 cm³/mol. The fraction of sp³-hybridized carbons (Fsp3) is 0.500. The van der Waals surface area contributed by atoms with E-state index in [9.17, 15) is 10.1 Å². The van der Waals surface area contributed by atoms with Crippen LogP contribution in [0.15, 0.2) is 18.2 Å². The summed E-state index contributed by atoms with van der Waals surface area (Å²) in [5, 5.41) is 10.8. The first kappa shape index (κ1) is 11.7. The third-order valence-corrected chi connectivity index (χ3v) is 3.42. The van der Waals surface area contributed by atoms with Crippen LogP contribution < -0.4 is 10.6 Å². The fourth-order valence-electron chi connectivity index (χ4n) is 2.43. The number of nitro groups is 1. The highest BCUT2D eigenvalue weighted by Crippen LogP contribution is 2.30. The fourth-order valence-corrected chi connectivity index (χ4v) is 2.43. The third kappa shape index (κ3) is 2.49. The largest absolute Gasteiger partial charge is 0.398 e. The lowest BCUT2D eigenvalue weighted by atomic mass is 10.1. The van der Waals surface area contributed by atoms with E-state index in [4.69, 9.17) is 5.73 Å². The minimum absolute atomic E-state index is 0.0600. The van der Waals surface area contributed by atoms with E-state index in [1.54, 1.807) is 12.1 Å². The van der Waals surface area contributed by atoms with Crippen molar-refractivity contribution in [1.29, 1.82) is 0 Å². The molecule has 1 saturated carbocycles. The molecule has 2 rings (SSSR count). The summed E-state index contributed by atoms with van der Waals surface area (Å²) in [5.41, 5.74) is 7.04. The standard InChI is InChI=1S/C12H17N3O2/c1-14(10-4-2-3-5-10)11-6-9(13)7-12(8-11)15(16)17/h6-8,10H,2-5,13H2,1H3. The predicted octanol–water partition coefficient (Wildman–Crippen LogP) is 2.56. The Hall–Kier alpha value is -1.78. The normalized spacial score (nSPS) is 16.1. The van der Waals surface area contributed by atoms with E-state index in [1.807, 2.05) is 7.05 Å². The summed E-state index contributed by atoms with van der Waals surface area (Å²) in [6.07, 6.45) is 4.77. The minimum atomic E-state index is -0.400. The van der Waals surface area contributed by atoms with E-state index in [1.165, 1.54) is 18.9 Å². The molecule has 1 fully saturated rings. The molecule has 1 aromatic rings. The lowest BCUT2D eigenvalue weighted by Gasteiger charge is -2.26. The summed E-state index contributed by atoms with van der Waals surface area (Å²) in [4.78, 5) is 12.5. The van der Waals surface area contributed by atoms with Gasteiger partial charge in [0, 0.05) is 36.6 Å². The van der Waals surface area contributed by atoms with Crippen LogP contribution in [0.5, 0.6) is 0 Å². The van der Waals surface area contributed by atoms with Crippen LogP contribution in [0.4, 0.5) is 17.1 Å². The van der Waals surface area contributed by atoms with Gasteiger partial charge >= 0.3 is 0 Å². The van der Waals surface area contributed by atoms with Crippen molar-refractivity contribution in [2.75, 3.05) is 17.7 Å². The smallest absolute Gasteiger partial charge is 0.273 e. The van der Waals surface area contributed by atoms with E-state index in [2.05, 4.69) is 4.90 Å². The number of nitrogens with zero attached hydrogens (tertiary/aromatic N) is 2. The summed E-state index contributed by atoms with van der Waals surface area (Å²) in [6, 6.07) is 5.27. The van der Waals surface area contributed by atoms with Gasteiger partial charge in [0.25, 0.3) is 5.69 Å². The summed E-state index contributed by atoms with van der Waals surface area (Å²) < 4.78 is 0. The quantitative estimate of drug-likeness (QED) is 0.496. The van der Waals surface area contributed by atoms with Crippen LogP contribution in [0.1, 0.15) is 25.7 Å². The van der Waals surface area contributed by atoms with Gasteiger partial charge in [-0.05, 0) is 18.9 Å². The average molecular weight is 235 g/mol. The van der Waals surface area contributed by atoms with Crippen LogP contribution in [-0.4, -0.2) is 18.0 Å². The van der Waals surface area contributed by atoms with Crippen molar-refractivity contribution < 1.29 is 4.92 Å². The summed E-state index contributed by atoms with van der Waals surface area (Å²) in [6.45, 7) is 0. The summed E-state index contributed by atoms with van der Waals surface area (Å²) in [7, 11) is 1.98. The topological polar surface area (TPSA) is 72.4 Å². The molecule has 2 N–H and O–H groups in total. The van der Waals surface area contributed by atoms with E-state index in [0.29, 0.717) is 11.7 Å². The van der Waals surface area contributed by atoms with Crippen molar-refractivity contribution in [3.05, 3.63) is 28.3 Å². The number of non-ortho nitro benzene ring substituents is 1. The van der Waals surface area contributed by atoms with E-state index >= 15 is 0 Å². The van der Waals surface area contributed by atoms with Crippen LogP contribution in [0, 0.1) is 10.1 Å². The van der Waals surface area contributed by atoms with Gasteiger partial charge < -0.3 is 10.6 Å². The Morgan fingerprint density at radius 3 is 2.59 bits per heavy atom. The lowest BCUT2D eigenvalue weighted by Crippen LogP contribution is -2.28. The van der Waals surface area contributed by atoms with Gasteiger partial charge in [-0.25, -0.2) is 0 Å². The first-order chi connectivity index (χ1) is 8.08. The van der Waals surface area contributed by atoms with Crippen molar-refractivity contribution >= 4 is 17.1 Å². The Balaban J connectivity index is 2.27. The molecule has 92 valence electrons. The molecule has 1 aliphatic rings. The zero-order chi connectivity index (χ0) is 12.4. The lowest BCUT2D eigenvalue weighted by molar-refractivity contribution is -0.384. The van der Waals surface area contributed by atoms with Gasteiger partial charge in [-0.1, -0.05) is 12.8 Å². The van der Waals surface area contributed by atoms with Gasteiger partial charge in [0.05, 0.1) is 4.92 Å². The minimum Gasteiger partial charge on any atom is -0.398 e. The van der Waals surface area contributed by atoms with Gasteiger partial charge in [-0.3, -0.25) is 10.1 Å². The SMILES string of the molecule is CN(c1cc(N)cc([N+](=O)[O-])c1)C1CCCC1. The molecule has 0 aromatic heterocycles. The zero-order valence-electron chi connectivity index (χ0n) is 9.93. The van der Waals surface area contributed by atoms with Crippen LogP contribution in [-0.2, 0) is 0 Å². The van der Waals surface area contributed by atoms with Gasteiger partial charge in [0.2, 0.25) is 0 Å². The number of nitro benzene ring substituents is 1. The van der Waals surface area contributed by atoms with E-state index in [-0.39, 0.29) is 5.69 Å².